The lowest BCUT2D eigenvalue weighted by atomic mass is 10.1. The molecule has 0 aliphatic heterocycles. The maximum absolute atomic E-state index is 11.2. The van der Waals surface area contributed by atoms with E-state index >= 15 is 0 Å². The van der Waals surface area contributed by atoms with Crippen molar-refractivity contribution in [1.82, 2.24) is 4.90 Å². The van der Waals surface area contributed by atoms with E-state index in [9.17, 15) is 8.42 Å². The summed E-state index contributed by atoms with van der Waals surface area (Å²) >= 11 is 7.49. The summed E-state index contributed by atoms with van der Waals surface area (Å²) in [6.45, 7) is 2.86. The summed E-state index contributed by atoms with van der Waals surface area (Å²) in [6, 6.07) is 10.7. The zero-order valence-electron chi connectivity index (χ0n) is 11.8. The molecule has 0 aliphatic carbocycles. The van der Waals surface area contributed by atoms with Crippen molar-refractivity contribution >= 4 is 33.0 Å². The molecular formula is C14H17ClN2O2S2. The number of nitrogens with two attached hydrogens (primary N) is 1. The molecule has 0 fully saturated rings. The van der Waals surface area contributed by atoms with E-state index in [1.165, 1.54) is 17.0 Å². The number of hydrogen-bond acceptors (Lipinski definition) is 4. The Labute approximate surface area is 134 Å². The SMILES string of the molecule is C[C@H](c1ccc(S(N)(=O)=O)cc1)N(C)Cc1ccc(Cl)s1. The number of nitrogens with zero attached hydrogens (tertiary/aromatic N) is 1. The van der Waals surface area contributed by atoms with Crippen LogP contribution in [0.4, 0.5) is 0 Å². The average molecular weight is 345 g/mol. The molecule has 7 heteroatoms. The van der Waals surface area contributed by atoms with Crippen LogP contribution in [0.2, 0.25) is 4.34 Å². The van der Waals surface area contributed by atoms with E-state index < -0.39 is 10.0 Å². The number of benzene rings is 1. The van der Waals surface area contributed by atoms with E-state index in [2.05, 4.69) is 11.8 Å². The van der Waals surface area contributed by atoms with Crippen molar-refractivity contribution in [2.45, 2.75) is 24.4 Å². The van der Waals surface area contributed by atoms with Crippen LogP contribution < -0.4 is 5.14 Å². The Morgan fingerprint density at radius 3 is 2.33 bits per heavy atom. The highest BCUT2D eigenvalue weighted by Crippen LogP contribution is 2.26. The highest BCUT2D eigenvalue weighted by Gasteiger charge is 2.14. The van der Waals surface area contributed by atoms with Gasteiger partial charge in [-0.2, -0.15) is 0 Å². The number of rotatable bonds is 5. The zero-order valence-corrected chi connectivity index (χ0v) is 14.2. The molecule has 114 valence electrons. The topological polar surface area (TPSA) is 63.4 Å². The van der Waals surface area contributed by atoms with Gasteiger partial charge in [-0.15, -0.1) is 11.3 Å². The molecule has 2 N–H and O–H groups in total. The third kappa shape index (κ3) is 4.28. The Hall–Kier alpha value is -0.920. The van der Waals surface area contributed by atoms with Gasteiger partial charge in [-0.25, -0.2) is 13.6 Å². The molecule has 1 atom stereocenters. The molecule has 4 nitrogen and oxygen atoms in total. The Kier molecular flexibility index (Phi) is 5.06. The lowest BCUT2D eigenvalue weighted by molar-refractivity contribution is 0.255. The van der Waals surface area contributed by atoms with Crippen molar-refractivity contribution in [3.8, 4) is 0 Å². The first-order valence-corrected chi connectivity index (χ1v) is 9.08. The van der Waals surface area contributed by atoms with Crippen molar-refractivity contribution in [3.05, 3.63) is 51.2 Å². The monoisotopic (exact) mass is 344 g/mol. The molecular weight excluding hydrogens is 328 g/mol. The molecule has 0 amide bonds. The maximum atomic E-state index is 11.2. The molecule has 0 unspecified atom stereocenters. The molecule has 0 aliphatic rings. The van der Waals surface area contributed by atoms with Gasteiger partial charge in [-0.1, -0.05) is 23.7 Å². The number of hydrogen-bond donors (Lipinski definition) is 1. The van der Waals surface area contributed by atoms with Crippen LogP contribution in [0.25, 0.3) is 0 Å². The van der Waals surface area contributed by atoms with Crippen LogP contribution in [-0.4, -0.2) is 20.4 Å². The van der Waals surface area contributed by atoms with E-state index in [-0.39, 0.29) is 10.9 Å². The van der Waals surface area contributed by atoms with Gasteiger partial charge >= 0.3 is 0 Å². The molecule has 2 rings (SSSR count). The number of halogens is 1. The van der Waals surface area contributed by atoms with Gasteiger partial charge in [-0.3, -0.25) is 4.90 Å². The van der Waals surface area contributed by atoms with Gasteiger partial charge in [0.05, 0.1) is 9.23 Å². The van der Waals surface area contributed by atoms with E-state index in [0.717, 1.165) is 16.4 Å². The molecule has 1 heterocycles. The third-order valence-corrected chi connectivity index (χ3v) is 5.53. The Bertz CT molecular complexity index is 711. The fraction of sp³-hybridized carbons (Fsp3) is 0.286. The van der Waals surface area contributed by atoms with Gasteiger partial charge < -0.3 is 0 Å². The molecule has 0 radical (unpaired) electrons. The first-order valence-electron chi connectivity index (χ1n) is 6.34. The summed E-state index contributed by atoms with van der Waals surface area (Å²) in [4.78, 5) is 3.50. The van der Waals surface area contributed by atoms with Crippen LogP contribution in [0.15, 0.2) is 41.3 Å². The first kappa shape index (κ1) is 16.5. The third-order valence-electron chi connectivity index (χ3n) is 3.39. The van der Waals surface area contributed by atoms with Gasteiger partial charge in [0.15, 0.2) is 0 Å². The lowest BCUT2D eigenvalue weighted by Gasteiger charge is -2.24. The van der Waals surface area contributed by atoms with Crippen LogP contribution in [-0.2, 0) is 16.6 Å². The molecule has 2 aromatic rings. The Morgan fingerprint density at radius 1 is 1.24 bits per heavy atom. The van der Waals surface area contributed by atoms with Crippen LogP contribution in [0.5, 0.6) is 0 Å². The molecule has 1 aromatic carbocycles. The normalized spacial score (nSPS) is 13.6. The fourth-order valence-corrected chi connectivity index (χ4v) is 3.68. The number of thiophene rings is 1. The number of sulfonamides is 1. The van der Waals surface area contributed by atoms with E-state index in [4.69, 9.17) is 16.7 Å². The van der Waals surface area contributed by atoms with Gasteiger partial charge in [0, 0.05) is 17.5 Å². The van der Waals surface area contributed by atoms with E-state index in [0.29, 0.717) is 0 Å². The van der Waals surface area contributed by atoms with Crippen molar-refractivity contribution in [2.75, 3.05) is 7.05 Å². The van der Waals surface area contributed by atoms with Crippen LogP contribution in [0.1, 0.15) is 23.4 Å². The highest BCUT2D eigenvalue weighted by molar-refractivity contribution is 7.89. The second kappa shape index (κ2) is 6.46. The summed E-state index contributed by atoms with van der Waals surface area (Å²) < 4.78 is 23.3. The first-order chi connectivity index (χ1) is 9.77. The molecule has 1 aromatic heterocycles. The zero-order chi connectivity index (χ0) is 15.6. The molecule has 0 saturated carbocycles. The van der Waals surface area contributed by atoms with Crippen molar-refractivity contribution in [2.24, 2.45) is 5.14 Å². The molecule has 0 saturated heterocycles. The maximum Gasteiger partial charge on any atom is 0.238 e. The minimum absolute atomic E-state index is 0.131. The van der Waals surface area contributed by atoms with Crippen molar-refractivity contribution < 1.29 is 8.42 Å². The minimum atomic E-state index is -3.64. The number of primary sulfonamides is 1. The van der Waals surface area contributed by atoms with Crippen LogP contribution in [0, 0.1) is 0 Å². The van der Waals surface area contributed by atoms with Gasteiger partial charge in [0.2, 0.25) is 10.0 Å². The average Bonchev–Trinajstić information content (AvgIpc) is 2.82. The van der Waals surface area contributed by atoms with Crippen molar-refractivity contribution in [3.63, 3.8) is 0 Å². The van der Waals surface area contributed by atoms with Gasteiger partial charge in [-0.05, 0) is 43.8 Å². The summed E-state index contributed by atoms with van der Waals surface area (Å²) in [7, 11) is -1.62. The Morgan fingerprint density at radius 2 is 1.86 bits per heavy atom. The smallest absolute Gasteiger partial charge is 0.238 e. The molecule has 0 spiro atoms. The fourth-order valence-electron chi connectivity index (χ4n) is 2.01. The van der Waals surface area contributed by atoms with E-state index in [1.54, 1.807) is 23.5 Å². The minimum Gasteiger partial charge on any atom is -0.295 e. The van der Waals surface area contributed by atoms with Crippen LogP contribution >= 0.6 is 22.9 Å². The standard InChI is InChI=1S/C14H17ClN2O2S2/c1-10(17(2)9-12-5-8-14(15)20-12)11-3-6-13(7-4-11)21(16,18)19/h3-8,10H,9H2,1-2H3,(H2,16,18,19)/t10-/m1/s1. The molecule has 21 heavy (non-hydrogen) atoms. The van der Waals surface area contributed by atoms with Gasteiger partial charge in [0.25, 0.3) is 0 Å². The highest BCUT2D eigenvalue weighted by atomic mass is 35.5. The molecule has 0 bridgehead atoms. The summed E-state index contributed by atoms with van der Waals surface area (Å²) in [6.07, 6.45) is 0. The van der Waals surface area contributed by atoms with Crippen molar-refractivity contribution in [1.29, 1.82) is 0 Å². The van der Waals surface area contributed by atoms with E-state index in [1.807, 2.05) is 19.2 Å². The summed E-state index contributed by atoms with van der Waals surface area (Å²) in [5.74, 6) is 0. The Balaban J connectivity index is 2.10. The summed E-state index contributed by atoms with van der Waals surface area (Å²) in [5, 5.41) is 5.10. The predicted octanol–water partition coefficient (Wildman–Crippen LogP) is 3.24. The largest absolute Gasteiger partial charge is 0.295 e. The summed E-state index contributed by atoms with van der Waals surface area (Å²) in [5.41, 5.74) is 1.03. The lowest BCUT2D eigenvalue weighted by Crippen LogP contribution is -2.21. The van der Waals surface area contributed by atoms with Crippen LogP contribution in [0.3, 0.4) is 0 Å². The predicted molar refractivity (Wildman–Crippen MR) is 87.0 cm³/mol. The second-order valence-electron chi connectivity index (χ2n) is 4.91. The quantitative estimate of drug-likeness (QED) is 0.905. The second-order valence-corrected chi connectivity index (χ2v) is 8.27. The van der Waals surface area contributed by atoms with Gasteiger partial charge in [0.1, 0.15) is 0 Å².